The summed E-state index contributed by atoms with van der Waals surface area (Å²) in [6.07, 6.45) is 5.01. The van der Waals surface area contributed by atoms with Gasteiger partial charge in [0, 0.05) is 6.07 Å². The lowest BCUT2D eigenvalue weighted by Crippen LogP contribution is -1.97. The van der Waals surface area contributed by atoms with E-state index in [-0.39, 0.29) is 18.9 Å². The van der Waals surface area contributed by atoms with Crippen molar-refractivity contribution in [2.75, 3.05) is 6.61 Å². The molecule has 1 rings (SSSR count). The second-order valence-corrected chi connectivity index (χ2v) is 3.50. The number of terminal acetylenes is 1. The molecule has 0 N–H and O–H groups in total. The number of halogens is 1. The summed E-state index contributed by atoms with van der Waals surface area (Å²) in [5.74, 6) is 2.32. The molecule has 4 nitrogen and oxygen atoms in total. The van der Waals surface area contributed by atoms with Crippen LogP contribution in [0.1, 0.15) is 5.56 Å². The molecule has 0 aromatic heterocycles. The van der Waals surface area contributed by atoms with E-state index in [1.807, 2.05) is 0 Å². The van der Waals surface area contributed by atoms with Crippen molar-refractivity contribution in [3.63, 3.8) is 0 Å². The summed E-state index contributed by atoms with van der Waals surface area (Å²) >= 11 is 3.16. The predicted molar refractivity (Wildman–Crippen MR) is 59.3 cm³/mol. The van der Waals surface area contributed by atoms with E-state index >= 15 is 0 Å². The van der Waals surface area contributed by atoms with E-state index in [1.165, 1.54) is 6.07 Å². The summed E-state index contributed by atoms with van der Waals surface area (Å²) in [7, 11) is 0. The highest BCUT2D eigenvalue weighted by molar-refractivity contribution is 9.10. The molecule has 0 bridgehead atoms. The number of nitrogens with zero attached hydrogens (tertiary/aromatic N) is 1. The van der Waals surface area contributed by atoms with E-state index in [4.69, 9.17) is 11.2 Å². The number of rotatable bonds is 4. The lowest BCUT2D eigenvalue weighted by molar-refractivity contribution is -0.385. The molecule has 1 aromatic carbocycles. The molecule has 5 heteroatoms. The van der Waals surface area contributed by atoms with Crippen LogP contribution in [0.5, 0.6) is 0 Å². The minimum atomic E-state index is -0.450. The molecule has 15 heavy (non-hydrogen) atoms. The fourth-order valence-corrected chi connectivity index (χ4v) is 1.56. The van der Waals surface area contributed by atoms with Crippen molar-refractivity contribution < 1.29 is 9.66 Å². The average Bonchev–Trinajstić information content (AvgIpc) is 2.20. The monoisotopic (exact) mass is 269 g/mol. The smallest absolute Gasteiger partial charge is 0.283 e. The third-order valence-electron chi connectivity index (χ3n) is 1.70. The van der Waals surface area contributed by atoms with Gasteiger partial charge in [0.25, 0.3) is 5.69 Å². The average molecular weight is 270 g/mol. The number of nitro groups is 1. The zero-order valence-corrected chi connectivity index (χ0v) is 9.36. The molecular formula is C10H8BrNO3. The van der Waals surface area contributed by atoms with E-state index in [2.05, 4.69) is 21.9 Å². The molecule has 0 spiro atoms. The molecule has 0 unspecified atom stereocenters. The minimum Gasteiger partial charge on any atom is -0.364 e. The van der Waals surface area contributed by atoms with Crippen LogP contribution in [0.15, 0.2) is 22.7 Å². The summed E-state index contributed by atoms with van der Waals surface area (Å²) in [4.78, 5) is 10.2. The highest BCUT2D eigenvalue weighted by Crippen LogP contribution is 2.28. The lowest BCUT2D eigenvalue weighted by Gasteiger charge is -2.04. The van der Waals surface area contributed by atoms with Gasteiger partial charge >= 0.3 is 0 Å². The fourth-order valence-electron chi connectivity index (χ4n) is 1.04. The zero-order valence-electron chi connectivity index (χ0n) is 7.77. The Labute approximate surface area is 95.5 Å². The maximum atomic E-state index is 10.6. The maximum absolute atomic E-state index is 10.6. The Morgan fingerprint density at radius 2 is 2.33 bits per heavy atom. The first kappa shape index (κ1) is 11.7. The van der Waals surface area contributed by atoms with Gasteiger partial charge in [0.1, 0.15) is 11.1 Å². The van der Waals surface area contributed by atoms with Crippen molar-refractivity contribution in [1.82, 2.24) is 0 Å². The van der Waals surface area contributed by atoms with E-state index in [1.54, 1.807) is 12.1 Å². The first-order valence-electron chi connectivity index (χ1n) is 4.09. The Kier molecular flexibility index (Phi) is 4.28. The molecule has 0 saturated heterocycles. The molecule has 0 saturated carbocycles. The number of ether oxygens (including phenoxy) is 1. The van der Waals surface area contributed by atoms with Gasteiger partial charge in [-0.3, -0.25) is 10.1 Å². The summed E-state index contributed by atoms with van der Waals surface area (Å²) < 4.78 is 5.53. The van der Waals surface area contributed by atoms with Crippen LogP contribution < -0.4 is 0 Å². The van der Waals surface area contributed by atoms with Crippen molar-refractivity contribution in [1.29, 1.82) is 0 Å². The molecule has 0 aliphatic carbocycles. The molecule has 0 radical (unpaired) electrons. The Hall–Kier alpha value is -1.38. The summed E-state index contributed by atoms with van der Waals surface area (Å²) in [6.45, 7) is 0.446. The van der Waals surface area contributed by atoms with E-state index in [0.717, 1.165) is 0 Å². The van der Waals surface area contributed by atoms with Crippen LogP contribution >= 0.6 is 15.9 Å². The molecule has 78 valence electrons. The van der Waals surface area contributed by atoms with Crippen molar-refractivity contribution >= 4 is 21.6 Å². The number of hydrogen-bond donors (Lipinski definition) is 0. The highest BCUT2D eigenvalue weighted by atomic mass is 79.9. The Morgan fingerprint density at radius 3 is 2.93 bits per heavy atom. The molecule has 0 heterocycles. The molecular weight excluding hydrogens is 262 g/mol. The molecule has 0 aliphatic rings. The number of benzene rings is 1. The van der Waals surface area contributed by atoms with Gasteiger partial charge in [-0.1, -0.05) is 18.1 Å². The quantitative estimate of drug-likeness (QED) is 0.365. The van der Waals surface area contributed by atoms with Crippen LogP contribution in [0.4, 0.5) is 5.69 Å². The van der Waals surface area contributed by atoms with Crippen molar-refractivity contribution in [2.24, 2.45) is 0 Å². The summed E-state index contributed by atoms with van der Waals surface area (Å²) in [5, 5.41) is 10.6. The predicted octanol–water partition coefficient (Wildman–Crippen LogP) is 2.51. The normalized spacial score (nSPS) is 9.60. The SMILES string of the molecule is C#CCOCc1cccc([N+](=O)[O-])c1Br. The van der Waals surface area contributed by atoms with Crippen LogP contribution in [0.3, 0.4) is 0 Å². The number of hydrogen-bond acceptors (Lipinski definition) is 3. The van der Waals surface area contributed by atoms with Gasteiger partial charge in [-0.25, -0.2) is 0 Å². The molecule has 0 aliphatic heterocycles. The summed E-state index contributed by atoms with van der Waals surface area (Å²) in [6, 6.07) is 4.78. The maximum Gasteiger partial charge on any atom is 0.283 e. The second kappa shape index (κ2) is 5.49. The van der Waals surface area contributed by atoms with Gasteiger partial charge in [0.05, 0.1) is 11.5 Å². The van der Waals surface area contributed by atoms with Gasteiger partial charge in [-0.05, 0) is 21.5 Å². The third kappa shape index (κ3) is 3.05. The van der Waals surface area contributed by atoms with Crippen LogP contribution in [0.25, 0.3) is 0 Å². The van der Waals surface area contributed by atoms with Gasteiger partial charge in [-0.15, -0.1) is 6.42 Å². The molecule has 0 atom stereocenters. The minimum absolute atomic E-state index is 0.0248. The molecule has 0 amide bonds. The van der Waals surface area contributed by atoms with E-state index in [0.29, 0.717) is 10.0 Å². The van der Waals surface area contributed by atoms with Gasteiger partial charge in [-0.2, -0.15) is 0 Å². The van der Waals surface area contributed by atoms with Crippen molar-refractivity contribution in [3.8, 4) is 12.3 Å². The van der Waals surface area contributed by atoms with Crippen LogP contribution in [-0.4, -0.2) is 11.5 Å². The third-order valence-corrected chi connectivity index (χ3v) is 2.61. The first-order chi connectivity index (χ1) is 7.16. The van der Waals surface area contributed by atoms with Crippen molar-refractivity contribution in [2.45, 2.75) is 6.61 Å². The highest BCUT2D eigenvalue weighted by Gasteiger charge is 2.14. The first-order valence-corrected chi connectivity index (χ1v) is 4.89. The van der Waals surface area contributed by atoms with Crippen LogP contribution in [0, 0.1) is 22.5 Å². The van der Waals surface area contributed by atoms with E-state index < -0.39 is 4.92 Å². The summed E-state index contributed by atoms with van der Waals surface area (Å²) in [5.41, 5.74) is 0.733. The molecule has 0 fully saturated rings. The Morgan fingerprint density at radius 1 is 1.60 bits per heavy atom. The standard InChI is InChI=1S/C10H8BrNO3/c1-2-6-15-7-8-4-3-5-9(10(8)11)12(13)14/h1,3-5H,6-7H2. The Bertz CT molecular complexity index is 412. The molecule has 1 aromatic rings. The largest absolute Gasteiger partial charge is 0.364 e. The lowest BCUT2D eigenvalue weighted by atomic mass is 10.2. The number of nitro benzene ring substituents is 1. The van der Waals surface area contributed by atoms with Crippen LogP contribution in [0.2, 0.25) is 0 Å². The van der Waals surface area contributed by atoms with E-state index in [9.17, 15) is 10.1 Å². The van der Waals surface area contributed by atoms with Crippen molar-refractivity contribution in [3.05, 3.63) is 38.3 Å². The van der Waals surface area contributed by atoms with Crippen LogP contribution in [-0.2, 0) is 11.3 Å². The fraction of sp³-hybridized carbons (Fsp3) is 0.200. The zero-order chi connectivity index (χ0) is 11.3. The topological polar surface area (TPSA) is 52.4 Å². The Balaban J connectivity index is 2.86. The van der Waals surface area contributed by atoms with Gasteiger partial charge in [0.15, 0.2) is 0 Å². The second-order valence-electron chi connectivity index (χ2n) is 2.70. The van der Waals surface area contributed by atoms with Gasteiger partial charge < -0.3 is 4.74 Å². The van der Waals surface area contributed by atoms with Gasteiger partial charge in [0.2, 0.25) is 0 Å².